The number of nitrogens with one attached hydrogen (secondary N) is 1. The number of carbonyl (C=O) groups excluding carboxylic acids is 1. The molecule has 2 aromatic heterocycles. The molecule has 1 aromatic carbocycles. The van der Waals surface area contributed by atoms with Crippen LogP contribution in [0.3, 0.4) is 0 Å². The molecule has 1 amide bonds. The van der Waals surface area contributed by atoms with E-state index in [1.54, 1.807) is 12.4 Å². The second-order valence-corrected chi connectivity index (χ2v) is 7.41. The van der Waals surface area contributed by atoms with Gasteiger partial charge in [0.15, 0.2) is 0 Å². The third-order valence-electron chi connectivity index (χ3n) is 4.84. The van der Waals surface area contributed by atoms with Crippen molar-refractivity contribution >= 4 is 29.5 Å². The molecule has 0 spiro atoms. The SMILES string of the molecule is C[C@H](Nc1nccc(N2C(=O)OCC2[C@@H](C)F)n1)c1cn(-c2ccc(Cl)cc2)cn1. The number of amides is 1. The first-order valence-corrected chi connectivity index (χ1v) is 9.79. The van der Waals surface area contributed by atoms with Crippen molar-refractivity contribution in [3.05, 3.63) is 59.8 Å². The van der Waals surface area contributed by atoms with Gasteiger partial charge in [-0.1, -0.05) is 11.6 Å². The number of carbonyl (C=O) groups is 1. The maximum Gasteiger partial charge on any atom is 0.416 e. The number of anilines is 2. The normalized spacial score (nSPS) is 18.2. The molecule has 1 N–H and O–H groups in total. The lowest BCUT2D eigenvalue weighted by Crippen LogP contribution is -2.39. The van der Waals surface area contributed by atoms with Gasteiger partial charge in [0.25, 0.3) is 0 Å². The van der Waals surface area contributed by atoms with Gasteiger partial charge in [-0.05, 0) is 44.2 Å². The van der Waals surface area contributed by atoms with Crippen LogP contribution in [0, 0.1) is 0 Å². The Hall–Kier alpha value is -3.20. The van der Waals surface area contributed by atoms with E-state index in [0.717, 1.165) is 11.4 Å². The molecule has 30 heavy (non-hydrogen) atoms. The van der Waals surface area contributed by atoms with Crippen molar-refractivity contribution in [2.45, 2.75) is 32.1 Å². The van der Waals surface area contributed by atoms with E-state index < -0.39 is 18.3 Å². The monoisotopic (exact) mass is 430 g/mol. The number of aromatic nitrogens is 4. The van der Waals surface area contributed by atoms with Crippen LogP contribution in [0.4, 0.5) is 21.0 Å². The quantitative estimate of drug-likeness (QED) is 0.631. The van der Waals surface area contributed by atoms with Gasteiger partial charge in [-0.15, -0.1) is 0 Å². The zero-order chi connectivity index (χ0) is 21.3. The van der Waals surface area contributed by atoms with Crippen LogP contribution in [-0.4, -0.2) is 44.4 Å². The average Bonchev–Trinajstić information content (AvgIpc) is 3.36. The van der Waals surface area contributed by atoms with Gasteiger partial charge in [-0.2, -0.15) is 4.98 Å². The highest BCUT2D eigenvalue weighted by molar-refractivity contribution is 6.30. The Balaban J connectivity index is 1.50. The fraction of sp³-hybridized carbons (Fsp3) is 0.300. The molecule has 1 fully saturated rings. The molecule has 0 saturated carbocycles. The molecule has 3 aromatic rings. The van der Waals surface area contributed by atoms with Crippen molar-refractivity contribution in [3.8, 4) is 5.69 Å². The predicted octanol–water partition coefficient (Wildman–Crippen LogP) is 4.17. The number of benzene rings is 1. The number of halogens is 2. The lowest BCUT2D eigenvalue weighted by atomic mass is 10.2. The number of alkyl halides is 1. The van der Waals surface area contributed by atoms with Gasteiger partial charge in [0, 0.05) is 23.1 Å². The highest BCUT2D eigenvalue weighted by Crippen LogP contribution is 2.25. The van der Waals surface area contributed by atoms with Gasteiger partial charge >= 0.3 is 6.09 Å². The summed E-state index contributed by atoms with van der Waals surface area (Å²) in [4.78, 5) is 26.3. The molecular weight excluding hydrogens is 411 g/mol. The van der Waals surface area contributed by atoms with Crippen molar-refractivity contribution in [3.63, 3.8) is 0 Å². The first-order valence-electron chi connectivity index (χ1n) is 9.42. The van der Waals surface area contributed by atoms with Gasteiger partial charge < -0.3 is 14.6 Å². The third kappa shape index (κ3) is 4.06. The lowest BCUT2D eigenvalue weighted by molar-refractivity contribution is 0.174. The van der Waals surface area contributed by atoms with E-state index >= 15 is 0 Å². The van der Waals surface area contributed by atoms with Gasteiger partial charge in [-0.3, -0.25) is 4.90 Å². The molecule has 3 atom stereocenters. The summed E-state index contributed by atoms with van der Waals surface area (Å²) in [5.74, 6) is 0.578. The van der Waals surface area contributed by atoms with Gasteiger partial charge in [-0.25, -0.2) is 19.2 Å². The molecule has 3 heterocycles. The van der Waals surface area contributed by atoms with E-state index in [0.29, 0.717) is 11.0 Å². The van der Waals surface area contributed by atoms with Crippen LogP contribution < -0.4 is 10.2 Å². The Bertz CT molecular complexity index is 1040. The van der Waals surface area contributed by atoms with E-state index in [2.05, 4.69) is 20.3 Å². The number of hydrogen-bond acceptors (Lipinski definition) is 6. The molecule has 156 valence electrons. The van der Waals surface area contributed by atoms with E-state index in [1.807, 2.05) is 42.0 Å². The van der Waals surface area contributed by atoms with Crippen molar-refractivity contribution in [1.29, 1.82) is 0 Å². The van der Waals surface area contributed by atoms with Crippen molar-refractivity contribution in [2.75, 3.05) is 16.8 Å². The first kappa shape index (κ1) is 20.1. The minimum Gasteiger partial charge on any atom is -0.447 e. The molecular formula is C20H20ClFN6O2. The van der Waals surface area contributed by atoms with Crippen molar-refractivity contribution in [2.24, 2.45) is 0 Å². The summed E-state index contributed by atoms with van der Waals surface area (Å²) in [5.41, 5.74) is 1.71. The minimum absolute atomic E-state index is 0.0121. The lowest BCUT2D eigenvalue weighted by Gasteiger charge is -2.21. The number of imidazole rings is 1. The zero-order valence-electron chi connectivity index (χ0n) is 16.4. The molecule has 0 bridgehead atoms. The van der Waals surface area contributed by atoms with Gasteiger partial charge in [0.1, 0.15) is 24.6 Å². The Morgan fingerprint density at radius 2 is 2.00 bits per heavy atom. The first-order chi connectivity index (χ1) is 14.4. The molecule has 1 unspecified atom stereocenters. The standard InChI is InChI=1S/C20H20ClFN6O2/c1-12(22)17-10-30-20(29)28(17)18-7-8-23-19(26-18)25-13(2)16-9-27(11-24-16)15-5-3-14(21)4-6-15/h3-9,11-13,17H,10H2,1-2H3,(H,23,25,26)/t12-,13+,17?/m1/s1. The maximum atomic E-state index is 13.9. The van der Waals surface area contributed by atoms with Crippen LogP contribution in [-0.2, 0) is 4.74 Å². The van der Waals surface area contributed by atoms with Crippen LogP contribution in [0.25, 0.3) is 5.69 Å². The van der Waals surface area contributed by atoms with Crippen LogP contribution in [0.2, 0.25) is 5.02 Å². The van der Waals surface area contributed by atoms with E-state index in [9.17, 15) is 9.18 Å². The Labute approximate surface area is 177 Å². The van der Waals surface area contributed by atoms with E-state index in [1.165, 1.54) is 18.0 Å². The Morgan fingerprint density at radius 3 is 2.73 bits per heavy atom. The highest BCUT2D eigenvalue weighted by atomic mass is 35.5. The van der Waals surface area contributed by atoms with E-state index in [-0.39, 0.29) is 18.5 Å². The molecule has 10 heteroatoms. The van der Waals surface area contributed by atoms with Crippen LogP contribution >= 0.6 is 11.6 Å². The number of ether oxygens (including phenoxy) is 1. The number of nitrogens with zero attached hydrogens (tertiary/aromatic N) is 5. The summed E-state index contributed by atoms with van der Waals surface area (Å²) >= 11 is 5.94. The molecule has 1 aliphatic heterocycles. The average molecular weight is 431 g/mol. The zero-order valence-corrected chi connectivity index (χ0v) is 17.1. The fourth-order valence-corrected chi connectivity index (χ4v) is 3.30. The largest absolute Gasteiger partial charge is 0.447 e. The number of cyclic esters (lactones) is 1. The third-order valence-corrected chi connectivity index (χ3v) is 5.09. The fourth-order valence-electron chi connectivity index (χ4n) is 3.17. The second-order valence-electron chi connectivity index (χ2n) is 6.98. The molecule has 1 aliphatic rings. The van der Waals surface area contributed by atoms with Crippen molar-refractivity contribution < 1.29 is 13.9 Å². The van der Waals surface area contributed by atoms with Crippen LogP contribution in [0.5, 0.6) is 0 Å². The van der Waals surface area contributed by atoms with E-state index in [4.69, 9.17) is 16.3 Å². The summed E-state index contributed by atoms with van der Waals surface area (Å²) in [6.07, 6.45) is 3.24. The highest BCUT2D eigenvalue weighted by Gasteiger charge is 2.39. The summed E-state index contributed by atoms with van der Waals surface area (Å²) in [6.45, 7) is 3.29. The summed E-state index contributed by atoms with van der Waals surface area (Å²) in [5, 5.41) is 3.83. The minimum atomic E-state index is -1.25. The molecule has 0 radical (unpaired) electrons. The predicted molar refractivity (Wildman–Crippen MR) is 111 cm³/mol. The Kier molecular flexibility index (Phi) is 5.54. The second kappa shape index (κ2) is 8.27. The molecule has 8 nitrogen and oxygen atoms in total. The molecule has 4 rings (SSSR count). The smallest absolute Gasteiger partial charge is 0.416 e. The van der Waals surface area contributed by atoms with Gasteiger partial charge in [0.05, 0.1) is 18.1 Å². The number of hydrogen-bond donors (Lipinski definition) is 1. The number of rotatable bonds is 6. The topological polar surface area (TPSA) is 85.2 Å². The van der Waals surface area contributed by atoms with Crippen molar-refractivity contribution in [1.82, 2.24) is 19.5 Å². The summed E-state index contributed by atoms with van der Waals surface area (Å²) < 4.78 is 20.7. The summed E-state index contributed by atoms with van der Waals surface area (Å²) in [7, 11) is 0. The summed E-state index contributed by atoms with van der Waals surface area (Å²) in [6, 6.07) is 8.04. The van der Waals surface area contributed by atoms with Crippen LogP contribution in [0.1, 0.15) is 25.6 Å². The van der Waals surface area contributed by atoms with Crippen LogP contribution in [0.15, 0.2) is 49.1 Å². The Morgan fingerprint density at radius 1 is 1.23 bits per heavy atom. The van der Waals surface area contributed by atoms with Gasteiger partial charge in [0.2, 0.25) is 5.95 Å². The maximum absolute atomic E-state index is 13.9. The molecule has 0 aliphatic carbocycles. The molecule has 1 saturated heterocycles.